The van der Waals surface area contributed by atoms with Crippen LogP contribution in [0.3, 0.4) is 0 Å². The number of rotatable bonds is 13. The molecule has 0 radical (unpaired) electrons. The molecule has 2 amide bonds. The third-order valence-electron chi connectivity index (χ3n) is 4.48. The van der Waals surface area contributed by atoms with Crippen LogP contribution in [0, 0.1) is 0 Å². The molecule has 1 aromatic rings. The first-order valence-electron chi connectivity index (χ1n) is 9.72. The van der Waals surface area contributed by atoms with Crippen LogP contribution in [0.1, 0.15) is 44.6 Å². The van der Waals surface area contributed by atoms with E-state index in [2.05, 4.69) is 10.6 Å². The molecule has 7 N–H and O–H groups in total. The summed E-state index contributed by atoms with van der Waals surface area (Å²) in [6, 6.07) is 2.62. The molecule has 0 unspecified atom stereocenters. The third kappa shape index (κ3) is 8.91. The van der Waals surface area contributed by atoms with Crippen LogP contribution in [0.5, 0.6) is 5.75 Å². The van der Waals surface area contributed by atoms with Gasteiger partial charge in [0, 0.05) is 12.8 Å². The van der Waals surface area contributed by atoms with Crippen molar-refractivity contribution in [3.05, 3.63) is 29.8 Å². The molecule has 166 valence electrons. The molecule has 3 atom stereocenters. The first-order chi connectivity index (χ1) is 14.1. The summed E-state index contributed by atoms with van der Waals surface area (Å²) in [4.78, 5) is 47.2. The Morgan fingerprint density at radius 2 is 1.57 bits per heavy atom. The molecular formula is C20H29N3O7. The molecule has 0 heterocycles. The van der Waals surface area contributed by atoms with Gasteiger partial charge in [0.2, 0.25) is 11.8 Å². The van der Waals surface area contributed by atoms with Crippen LogP contribution in [0.15, 0.2) is 24.3 Å². The van der Waals surface area contributed by atoms with Gasteiger partial charge < -0.3 is 31.7 Å². The molecule has 1 aromatic carbocycles. The fraction of sp³-hybridized carbons (Fsp3) is 0.500. The van der Waals surface area contributed by atoms with Crippen molar-refractivity contribution < 1.29 is 34.5 Å². The molecule has 0 bridgehead atoms. The van der Waals surface area contributed by atoms with Crippen molar-refractivity contribution >= 4 is 23.8 Å². The molecule has 0 aliphatic carbocycles. The zero-order chi connectivity index (χ0) is 22.7. The number of aliphatic carboxylic acids is 2. The maximum Gasteiger partial charge on any atom is 0.326 e. The zero-order valence-electron chi connectivity index (χ0n) is 16.8. The van der Waals surface area contributed by atoms with Crippen molar-refractivity contribution in [2.75, 3.05) is 0 Å². The van der Waals surface area contributed by atoms with Crippen LogP contribution >= 0.6 is 0 Å². The minimum Gasteiger partial charge on any atom is -0.508 e. The van der Waals surface area contributed by atoms with Crippen LogP contribution in [0.4, 0.5) is 0 Å². The van der Waals surface area contributed by atoms with Gasteiger partial charge in [-0.3, -0.25) is 14.4 Å². The highest BCUT2D eigenvalue weighted by Crippen LogP contribution is 2.12. The molecule has 30 heavy (non-hydrogen) atoms. The standard InChI is InChI=1S/C20H29N3O7/c1-2-3-4-14(21)18(27)23-16(11-12-5-7-13(24)8-6-12)19(28)22-15(20(29)30)9-10-17(25)26/h5-8,14-16,24H,2-4,9-11,21H2,1H3,(H,22,28)(H,23,27)(H,25,26)(H,29,30)/t14-,15-,16-/m0/s1. The number of amides is 2. The molecule has 0 aliphatic rings. The Labute approximate surface area is 174 Å². The van der Waals surface area contributed by atoms with E-state index >= 15 is 0 Å². The summed E-state index contributed by atoms with van der Waals surface area (Å²) in [5, 5.41) is 32.3. The number of hydrogen-bond donors (Lipinski definition) is 6. The summed E-state index contributed by atoms with van der Waals surface area (Å²) in [6.07, 6.45) is 1.32. The van der Waals surface area contributed by atoms with Crippen LogP contribution < -0.4 is 16.4 Å². The average Bonchev–Trinajstić information content (AvgIpc) is 2.69. The maximum atomic E-state index is 12.7. The van der Waals surface area contributed by atoms with Crippen LogP contribution in [0.25, 0.3) is 0 Å². The summed E-state index contributed by atoms with van der Waals surface area (Å²) in [7, 11) is 0. The van der Waals surface area contributed by atoms with E-state index < -0.39 is 48.3 Å². The summed E-state index contributed by atoms with van der Waals surface area (Å²) in [5.74, 6) is -3.84. The second-order valence-electron chi connectivity index (χ2n) is 7.01. The molecule has 0 fully saturated rings. The number of benzene rings is 1. The van der Waals surface area contributed by atoms with E-state index in [1.54, 1.807) is 12.1 Å². The van der Waals surface area contributed by atoms with Crippen molar-refractivity contribution in [1.82, 2.24) is 10.6 Å². The third-order valence-corrected chi connectivity index (χ3v) is 4.48. The van der Waals surface area contributed by atoms with Gasteiger partial charge in [0.15, 0.2) is 0 Å². The van der Waals surface area contributed by atoms with E-state index in [4.69, 9.17) is 10.8 Å². The number of carboxylic acid groups (broad SMARTS) is 2. The summed E-state index contributed by atoms with van der Waals surface area (Å²) >= 11 is 0. The first-order valence-corrected chi connectivity index (χ1v) is 9.72. The topological polar surface area (TPSA) is 179 Å². The van der Waals surface area contributed by atoms with E-state index in [-0.39, 0.29) is 18.6 Å². The Morgan fingerprint density at radius 3 is 2.10 bits per heavy atom. The Bertz CT molecular complexity index is 736. The Hall–Kier alpha value is -3.14. The number of carboxylic acids is 2. The van der Waals surface area contributed by atoms with E-state index in [0.29, 0.717) is 12.0 Å². The van der Waals surface area contributed by atoms with Gasteiger partial charge >= 0.3 is 11.9 Å². The highest BCUT2D eigenvalue weighted by Gasteiger charge is 2.28. The molecule has 10 nitrogen and oxygen atoms in total. The fourth-order valence-corrected chi connectivity index (χ4v) is 2.71. The molecule has 0 spiro atoms. The highest BCUT2D eigenvalue weighted by atomic mass is 16.4. The van der Waals surface area contributed by atoms with Gasteiger partial charge in [0.1, 0.15) is 17.8 Å². The van der Waals surface area contributed by atoms with Gasteiger partial charge in [-0.05, 0) is 30.5 Å². The molecule has 0 aromatic heterocycles. The lowest BCUT2D eigenvalue weighted by Gasteiger charge is -2.23. The molecule has 0 saturated carbocycles. The van der Waals surface area contributed by atoms with Crippen molar-refractivity contribution in [1.29, 1.82) is 0 Å². The summed E-state index contributed by atoms with van der Waals surface area (Å²) in [6.45, 7) is 1.95. The van der Waals surface area contributed by atoms with Gasteiger partial charge in [-0.25, -0.2) is 4.79 Å². The maximum absolute atomic E-state index is 12.7. The monoisotopic (exact) mass is 423 g/mol. The Balaban J connectivity index is 2.94. The number of carbonyl (C=O) groups excluding carboxylic acids is 2. The number of hydrogen-bond acceptors (Lipinski definition) is 6. The van der Waals surface area contributed by atoms with Crippen molar-refractivity contribution in [2.24, 2.45) is 5.73 Å². The SMILES string of the molecule is CCCC[C@H](N)C(=O)N[C@@H](Cc1ccc(O)cc1)C(=O)N[C@@H](CCC(=O)O)C(=O)O. The molecule has 0 aliphatic heterocycles. The second-order valence-corrected chi connectivity index (χ2v) is 7.01. The van der Waals surface area contributed by atoms with E-state index in [1.165, 1.54) is 12.1 Å². The lowest BCUT2D eigenvalue weighted by atomic mass is 10.0. The zero-order valence-corrected chi connectivity index (χ0v) is 16.8. The first kappa shape index (κ1) is 24.9. The van der Waals surface area contributed by atoms with Crippen LogP contribution in [0.2, 0.25) is 0 Å². The lowest BCUT2D eigenvalue weighted by Crippen LogP contribution is -2.55. The predicted molar refractivity (Wildman–Crippen MR) is 108 cm³/mol. The number of nitrogens with two attached hydrogens (primary N) is 1. The second kappa shape index (κ2) is 12.4. The van der Waals surface area contributed by atoms with Gasteiger partial charge in [-0.15, -0.1) is 0 Å². The number of unbranched alkanes of at least 4 members (excludes halogenated alkanes) is 1. The summed E-state index contributed by atoms with van der Waals surface area (Å²) in [5.41, 5.74) is 6.48. The normalized spacial score (nSPS) is 13.7. The number of carbonyl (C=O) groups is 4. The van der Waals surface area contributed by atoms with Crippen molar-refractivity contribution in [3.63, 3.8) is 0 Å². The molecule has 1 rings (SSSR count). The quantitative estimate of drug-likeness (QED) is 0.263. The number of phenols is 1. The van der Waals surface area contributed by atoms with Gasteiger partial charge in [0.05, 0.1) is 6.04 Å². The largest absolute Gasteiger partial charge is 0.508 e. The van der Waals surface area contributed by atoms with E-state index in [9.17, 15) is 29.4 Å². The molecular weight excluding hydrogens is 394 g/mol. The Kier molecular flexibility index (Phi) is 10.3. The number of phenolic OH excluding ortho intramolecular Hbond substituents is 1. The number of aromatic hydroxyl groups is 1. The summed E-state index contributed by atoms with van der Waals surface area (Å²) < 4.78 is 0. The van der Waals surface area contributed by atoms with Crippen molar-refractivity contribution in [2.45, 2.75) is 63.6 Å². The van der Waals surface area contributed by atoms with Crippen molar-refractivity contribution in [3.8, 4) is 5.75 Å². The van der Waals surface area contributed by atoms with Crippen LogP contribution in [-0.4, -0.2) is 57.2 Å². The number of nitrogens with one attached hydrogen (secondary N) is 2. The average molecular weight is 423 g/mol. The highest BCUT2D eigenvalue weighted by molar-refractivity contribution is 5.92. The predicted octanol–water partition coefficient (Wildman–Crippen LogP) is 0.371. The van der Waals surface area contributed by atoms with Crippen LogP contribution in [-0.2, 0) is 25.6 Å². The Morgan fingerprint density at radius 1 is 0.967 bits per heavy atom. The minimum absolute atomic E-state index is 0.0314. The van der Waals surface area contributed by atoms with E-state index in [0.717, 1.165) is 12.8 Å². The van der Waals surface area contributed by atoms with Gasteiger partial charge in [-0.1, -0.05) is 31.9 Å². The van der Waals surface area contributed by atoms with E-state index in [1.807, 2.05) is 6.92 Å². The van der Waals surface area contributed by atoms with Gasteiger partial charge in [-0.2, -0.15) is 0 Å². The minimum atomic E-state index is -1.42. The lowest BCUT2D eigenvalue weighted by molar-refractivity contribution is -0.143. The smallest absolute Gasteiger partial charge is 0.326 e. The molecule has 0 saturated heterocycles. The molecule has 10 heteroatoms. The van der Waals surface area contributed by atoms with Gasteiger partial charge in [0.25, 0.3) is 0 Å². The fourth-order valence-electron chi connectivity index (χ4n) is 2.71.